The summed E-state index contributed by atoms with van der Waals surface area (Å²) >= 11 is 0. The number of carbonyl (C=O) groups excluding carboxylic acids is 1. The lowest BCUT2D eigenvalue weighted by atomic mass is 9.74. The molecule has 1 aliphatic rings. The van der Waals surface area contributed by atoms with Gasteiger partial charge in [-0.2, -0.15) is 0 Å². The van der Waals surface area contributed by atoms with Crippen molar-refractivity contribution in [1.82, 2.24) is 15.5 Å². The minimum absolute atomic E-state index is 0.0109. The van der Waals surface area contributed by atoms with Gasteiger partial charge in [-0.25, -0.2) is 4.79 Å². The number of nitrogens with one attached hydrogen (secondary N) is 2. The highest BCUT2D eigenvalue weighted by Crippen LogP contribution is 2.34. The van der Waals surface area contributed by atoms with E-state index in [4.69, 9.17) is 0 Å². The number of nitrogens with zero attached hydrogens (tertiary/aromatic N) is 1. The molecule has 0 aromatic carbocycles. The van der Waals surface area contributed by atoms with E-state index in [0.717, 1.165) is 25.8 Å². The second-order valence-corrected chi connectivity index (χ2v) is 6.00. The van der Waals surface area contributed by atoms with Crippen LogP contribution in [0.1, 0.15) is 33.1 Å². The topological polar surface area (TPSA) is 81.7 Å². The maximum Gasteiger partial charge on any atom is 0.317 e. The fraction of sp³-hybridized carbons (Fsp3) is 0.857. The van der Waals surface area contributed by atoms with Crippen molar-refractivity contribution in [2.45, 2.75) is 33.1 Å². The quantitative estimate of drug-likeness (QED) is 0.639. The number of piperidine rings is 1. The lowest BCUT2D eigenvalue weighted by molar-refractivity contribution is -0.151. The van der Waals surface area contributed by atoms with Crippen molar-refractivity contribution >= 4 is 12.0 Å². The van der Waals surface area contributed by atoms with Gasteiger partial charge in [0.05, 0.1) is 5.41 Å². The van der Waals surface area contributed by atoms with Gasteiger partial charge in [-0.05, 0) is 52.6 Å². The number of hydrogen-bond donors (Lipinski definition) is 3. The number of aliphatic carboxylic acids is 1. The van der Waals surface area contributed by atoms with E-state index < -0.39 is 11.4 Å². The van der Waals surface area contributed by atoms with E-state index in [-0.39, 0.29) is 11.9 Å². The summed E-state index contributed by atoms with van der Waals surface area (Å²) in [5.74, 6) is -0.782. The monoisotopic (exact) mass is 285 g/mol. The summed E-state index contributed by atoms with van der Waals surface area (Å²) < 4.78 is 0. The van der Waals surface area contributed by atoms with Crippen LogP contribution >= 0.6 is 0 Å². The Hall–Kier alpha value is -1.30. The number of carboxylic acid groups (broad SMARTS) is 1. The molecule has 1 saturated heterocycles. The standard InChI is InChI=1S/C14H27N3O3/c1-14(2,12(18)19)11-6-4-9-17(10-11)13(20)16-8-5-7-15-3/h11,15H,4-10H2,1-3H3,(H,16,20)(H,18,19). The summed E-state index contributed by atoms with van der Waals surface area (Å²) in [6.45, 7) is 6.24. The molecule has 0 radical (unpaired) electrons. The van der Waals surface area contributed by atoms with Crippen molar-refractivity contribution < 1.29 is 14.7 Å². The number of likely N-dealkylation sites (tertiary alicyclic amines) is 1. The second kappa shape index (κ2) is 7.47. The smallest absolute Gasteiger partial charge is 0.317 e. The van der Waals surface area contributed by atoms with Crippen LogP contribution in [-0.2, 0) is 4.79 Å². The highest BCUT2D eigenvalue weighted by Gasteiger charge is 2.39. The summed E-state index contributed by atoms with van der Waals surface area (Å²) in [5, 5.41) is 15.2. The predicted octanol–water partition coefficient (Wildman–Crippen LogP) is 1.13. The van der Waals surface area contributed by atoms with E-state index >= 15 is 0 Å². The molecule has 20 heavy (non-hydrogen) atoms. The Morgan fingerprint density at radius 3 is 2.65 bits per heavy atom. The van der Waals surface area contributed by atoms with Crippen LogP contribution in [0.3, 0.4) is 0 Å². The fourth-order valence-corrected chi connectivity index (χ4v) is 2.50. The zero-order chi connectivity index (χ0) is 15.2. The third kappa shape index (κ3) is 4.37. The van der Waals surface area contributed by atoms with E-state index in [0.29, 0.717) is 19.6 Å². The molecule has 1 fully saturated rings. The average molecular weight is 285 g/mol. The average Bonchev–Trinajstić information content (AvgIpc) is 2.43. The van der Waals surface area contributed by atoms with Crippen molar-refractivity contribution in [2.75, 3.05) is 33.2 Å². The molecule has 3 N–H and O–H groups in total. The van der Waals surface area contributed by atoms with Crippen molar-refractivity contribution in [2.24, 2.45) is 11.3 Å². The van der Waals surface area contributed by atoms with Crippen LogP contribution in [0.5, 0.6) is 0 Å². The molecule has 0 bridgehead atoms. The highest BCUT2D eigenvalue weighted by atomic mass is 16.4. The molecule has 1 rings (SSSR count). The fourth-order valence-electron chi connectivity index (χ4n) is 2.50. The minimum Gasteiger partial charge on any atom is -0.481 e. The van der Waals surface area contributed by atoms with Crippen LogP contribution in [0.25, 0.3) is 0 Å². The number of urea groups is 1. The van der Waals surface area contributed by atoms with Gasteiger partial charge in [0.2, 0.25) is 0 Å². The molecule has 1 aliphatic heterocycles. The van der Waals surface area contributed by atoms with Gasteiger partial charge in [0.1, 0.15) is 0 Å². The normalized spacial score (nSPS) is 19.8. The molecule has 0 saturated carbocycles. The number of hydrogen-bond acceptors (Lipinski definition) is 3. The molecular formula is C14H27N3O3. The molecule has 0 aliphatic carbocycles. The van der Waals surface area contributed by atoms with Crippen LogP contribution in [0.4, 0.5) is 4.79 Å². The molecule has 1 unspecified atom stereocenters. The summed E-state index contributed by atoms with van der Waals surface area (Å²) in [5.41, 5.74) is -0.787. The third-order valence-corrected chi connectivity index (χ3v) is 4.16. The van der Waals surface area contributed by atoms with Crippen LogP contribution in [0, 0.1) is 11.3 Å². The lowest BCUT2D eigenvalue weighted by Crippen LogP contribution is -2.50. The van der Waals surface area contributed by atoms with E-state index in [1.807, 2.05) is 7.05 Å². The molecular weight excluding hydrogens is 258 g/mol. The van der Waals surface area contributed by atoms with Gasteiger partial charge < -0.3 is 20.6 Å². The first-order valence-electron chi connectivity index (χ1n) is 7.30. The summed E-state index contributed by atoms with van der Waals surface area (Å²) in [7, 11) is 1.88. The summed E-state index contributed by atoms with van der Waals surface area (Å²) in [6, 6.07) is -0.0769. The highest BCUT2D eigenvalue weighted by molar-refractivity contribution is 5.76. The van der Waals surface area contributed by atoms with Gasteiger partial charge in [-0.1, -0.05) is 0 Å². The molecule has 0 aromatic rings. The minimum atomic E-state index is -0.793. The third-order valence-electron chi connectivity index (χ3n) is 4.16. The molecule has 6 nitrogen and oxygen atoms in total. The van der Waals surface area contributed by atoms with Crippen molar-refractivity contribution in [3.8, 4) is 0 Å². The van der Waals surface area contributed by atoms with E-state index in [9.17, 15) is 14.7 Å². The van der Waals surface area contributed by atoms with Gasteiger partial charge in [0.25, 0.3) is 0 Å². The van der Waals surface area contributed by atoms with Crippen LogP contribution in [-0.4, -0.2) is 55.2 Å². The zero-order valence-electron chi connectivity index (χ0n) is 12.7. The Morgan fingerprint density at radius 1 is 1.35 bits per heavy atom. The number of carboxylic acids is 1. The molecule has 1 atom stereocenters. The van der Waals surface area contributed by atoms with Crippen LogP contribution in [0.2, 0.25) is 0 Å². The Balaban J connectivity index is 2.48. The van der Waals surface area contributed by atoms with Gasteiger partial charge in [-0.3, -0.25) is 4.79 Å². The molecule has 1 heterocycles. The lowest BCUT2D eigenvalue weighted by Gasteiger charge is -2.39. The van der Waals surface area contributed by atoms with Crippen molar-refractivity contribution in [3.63, 3.8) is 0 Å². The predicted molar refractivity (Wildman–Crippen MR) is 77.7 cm³/mol. The molecule has 0 spiro atoms. The number of amides is 2. The Labute approximate surface area is 120 Å². The maximum absolute atomic E-state index is 12.1. The first kappa shape index (κ1) is 16.8. The number of rotatable bonds is 6. The summed E-state index contributed by atoms with van der Waals surface area (Å²) in [6.07, 6.45) is 2.62. The van der Waals surface area contributed by atoms with Crippen molar-refractivity contribution in [1.29, 1.82) is 0 Å². The zero-order valence-corrected chi connectivity index (χ0v) is 12.7. The number of carbonyl (C=O) groups is 2. The molecule has 6 heteroatoms. The molecule has 116 valence electrons. The summed E-state index contributed by atoms with van der Waals surface area (Å²) in [4.78, 5) is 25.1. The van der Waals surface area contributed by atoms with Gasteiger partial charge in [-0.15, -0.1) is 0 Å². The molecule has 2 amide bonds. The Bertz CT molecular complexity index is 345. The largest absolute Gasteiger partial charge is 0.481 e. The first-order chi connectivity index (χ1) is 9.39. The van der Waals surface area contributed by atoms with E-state index in [1.54, 1.807) is 18.7 Å². The Morgan fingerprint density at radius 2 is 2.05 bits per heavy atom. The van der Waals surface area contributed by atoms with Gasteiger partial charge in [0.15, 0.2) is 0 Å². The van der Waals surface area contributed by atoms with Gasteiger partial charge in [0, 0.05) is 19.6 Å². The molecule has 0 aromatic heterocycles. The SMILES string of the molecule is CNCCCNC(=O)N1CCCC(C(C)(C)C(=O)O)C1. The van der Waals surface area contributed by atoms with Gasteiger partial charge >= 0.3 is 12.0 Å². The van der Waals surface area contributed by atoms with E-state index in [1.165, 1.54) is 0 Å². The van der Waals surface area contributed by atoms with E-state index in [2.05, 4.69) is 10.6 Å². The Kier molecular flexibility index (Phi) is 6.26. The second-order valence-electron chi connectivity index (χ2n) is 6.00. The maximum atomic E-state index is 12.1. The first-order valence-corrected chi connectivity index (χ1v) is 7.30. The van der Waals surface area contributed by atoms with Crippen LogP contribution in [0.15, 0.2) is 0 Å². The van der Waals surface area contributed by atoms with Crippen LogP contribution < -0.4 is 10.6 Å². The van der Waals surface area contributed by atoms with Crippen molar-refractivity contribution in [3.05, 3.63) is 0 Å².